The van der Waals surface area contributed by atoms with E-state index in [-0.39, 0.29) is 6.09 Å². The first-order valence-electron chi connectivity index (χ1n) is 6.41. The lowest BCUT2D eigenvalue weighted by atomic mass is 9.96. The number of hydrogen-bond donors (Lipinski definition) is 1. The number of alkyl carbamates (subject to hydrolysis) is 1. The molecule has 4 heteroatoms. The first-order valence-corrected chi connectivity index (χ1v) is 10.1. The molecule has 0 aliphatic heterocycles. The van der Waals surface area contributed by atoms with Crippen molar-refractivity contribution in [3.05, 3.63) is 0 Å². The lowest BCUT2D eigenvalue weighted by Gasteiger charge is -2.22. The zero-order valence-corrected chi connectivity index (χ0v) is 11.8. The average Bonchev–Trinajstić information content (AvgIpc) is 2.17. The maximum Gasteiger partial charge on any atom is 0.407 e. The molecular formula is C12H25NO2Si. The van der Waals surface area contributed by atoms with Crippen molar-refractivity contribution in [1.82, 2.24) is 5.32 Å². The highest BCUT2D eigenvalue weighted by atomic mass is 28.3. The summed E-state index contributed by atoms with van der Waals surface area (Å²) in [5.74, 6) is 0. The van der Waals surface area contributed by atoms with Crippen molar-refractivity contribution in [3.63, 3.8) is 0 Å². The number of hydrogen-bond acceptors (Lipinski definition) is 2. The average molecular weight is 243 g/mol. The van der Waals surface area contributed by atoms with Gasteiger partial charge in [0.2, 0.25) is 0 Å². The molecule has 0 atom stereocenters. The number of carbonyl (C=O) groups excluding carboxylic acids is 1. The van der Waals surface area contributed by atoms with Gasteiger partial charge in [0.05, 0.1) is 6.61 Å². The molecule has 0 spiro atoms. The first-order chi connectivity index (χ1) is 7.47. The summed E-state index contributed by atoms with van der Waals surface area (Å²) in [5.41, 5.74) is 0. The van der Waals surface area contributed by atoms with Gasteiger partial charge >= 0.3 is 6.09 Å². The van der Waals surface area contributed by atoms with Gasteiger partial charge in [-0.25, -0.2) is 4.79 Å². The summed E-state index contributed by atoms with van der Waals surface area (Å²) in [5, 5.41) is 2.96. The highest BCUT2D eigenvalue weighted by molar-refractivity contribution is 6.76. The molecule has 1 rings (SSSR count). The molecule has 3 nitrogen and oxygen atoms in total. The first kappa shape index (κ1) is 13.6. The van der Waals surface area contributed by atoms with Gasteiger partial charge in [-0.2, -0.15) is 0 Å². The Labute approximate surface area is 100.0 Å². The predicted octanol–water partition coefficient (Wildman–Crippen LogP) is 3.38. The number of rotatable bonds is 4. The lowest BCUT2D eigenvalue weighted by molar-refractivity contribution is 0.144. The highest BCUT2D eigenvalue weighted by Crippen LogP contribution is 2.17. The van der Waals surface area contributed by atoms with Gasteiger partial charge in [-0.1, -0.05) is 38.9 Å². The van der Waals surface area contributed by atoms with Gasteiger partial charge in [-0.15, -0.1) is 0 Å². The fourth-order valence-corrected chi connectivity index (χ4v) is 2.62. The molecule has 1 N–H and O–H groups in total. The third-order valence-electron chi connectivity index (χ3n) is 3.01. The van der Waals surface area contributed by atoms with Crippen LogP contribution >= 0.6 is 0 Å². The molecule has 16 heavy (non-hydrogen) atoms. The van der Waals surface area contributed by atoms with E-state index in [1.54, 1.807) is 0 Å². The molecule has 1 aliphatic carbocycles. The molecule has 0 aromatic heterocycles. The predicted molar refractivity (Wildman–Crippen MR) is 69.5 cm³/mol. The lowest BCUT2D eigenvalue weighted by Crippen LogP contribution is -2.37. The van der Waals surface area contributed by atoms with E-state index in [9.17, 15) is 4.79 Å². The topological polar surface area (TPSA) is 38.3 Å². The van der Waals surface area contributed by atoms with Crippen molar-refractivity contribution in [2.24, 2.45) is 0 Å². The fourth-order valence-electron chi connectivity index (χ4n) is 1.91. The van der Waals surface area contributed by atoms with E-state index in [2.05, 4.69) is 25.0 Å². The smallest absolute Gasteiger partial charge is 0.407 e. The van der Waals surface area contributed by atoms with Crippen LogP contribution < -0.4 is 5.32 Å². The summed E-state index contributed by atoms with van der Waals surface area (Å²) in [6.45, 7) is 7.44. The van der Waals surface area contributed by atoms with Crippen LogP contribution in [0.4, 0.5) is 4.79 Å². The quantitative estimate of drug-likeness (QED) is 0.769. The SMILES string of the molecule is C[Si](C)(C)CCOC(=O)NC1CCCCC1. The largest absolute Gasteiger partial charge is 0.450 e. The molecule has 0 aromatic carbocycles. The van der Waals surface area contributed by atoms with Crippen molar-refractivity contribution in [1.29, 1.82) is 0 Å². The van der Waals surface area contributed by atoms with Gasteiger partial charge in [0.25, 0.3) is 0 Å². The van der Waals surface area contributed by atoms with E-state index in [1.807, 2.05) is 0 Å². The van der Waals surface area contributed by atoms with Gasteiger partial charge in [0, 0.05) is 14.1 Å². The van der Waals surface area contributed by atoms with Crippen LogP contribution in [0.25, 0.3) is 0 Å². The molecule has 1 saturated carbocycles. The maximum atomic E-state index is 11.5. The number of nitrogens with one attached hydrogen (secondary N) is 1. The van der Waals surface area contributed by atoms with Crippen molar-refractivity contribution >= 4 is 14.2 Å². The Balaban J connectivity index is 2.10. The molecule has 0 aromatic rings. The van der Waals surface area contributed by atoms with E-state index in [0.29, 0.717) is 12.6 Å². The van der Waals surface area contributed by atoms with Gasteiger partial charge in [0.1, 0.15) is 0 Å². The van der Waals surface area contributed by atoms with Crippen molar-refractivity contribution < 1.29 is 9.53 Å². The van der Waals surface area contributed by atoms with Crippen LogP contribution in [-0.2, 0) is 4.74 Å². The minimum Gasteiger partial charge on any atom is -0.450 e. The van der Waals surface area contributed by atoms with E-state index < -0.39 is 8.07 Å². The Morgan fingerprint density at radius 2 is 1.88 bits per heavy atom. The molecule has 0 heterocycles. The Morgan fingerprint density at radius 1 is 1.25 bits per heavy atom. The molecule has 0 bridgehead atoms. The minimum atomic E-state index is -1.08. The highest BCUT2D eigenvalue weighted by Gasteiger charge is 2.17. The molecule has 1 amide bonds. The number of amides is 1. The van der Waals surface area contributed by atoms with Crippen LogP contribution in [0.15, 0.2) is 0 Å². The van der Waals surface area contributed by atoms with Gasteiger partial charge < -0.3 is 10.1 Å². The van der Waals surface area contributed by atoms with E-state index in [1.165, 1.54) is 19.3 Å². The maximum absolute atomic E-state index is 11.5. The Kier molecular flexibility index (Phi) is 5.32. The normalized spacial score (nSPS) is 18.2. The molecular weight excluding hydrogens is 218 g/mol. The second-order valence-corrected chi connectivity index (χ2v) is 11.5. The summed E-state index contributed by atoms with van der Waals surface area (Å²) >= 11 is 0. The van der Waals surface area contributed by atoms with Crippen molar-refractivity contribution in [2.75, 3.05) is 6.61 Å². The van der Waals surface area contributed by atoms with E-state index in [0.717, 1.165) is 18.9 Å². The van der Waals surface area contributed by atoms with Crippen molar-refractivity contribution in [3.8, 4) is 0 Å². The zero-order valence-electron chi connectivity index (χ0n) is 10.8. The standard InChI is InChI=1S/C12H25NO2Si/c1-16(2,3)10-9-15-12(14)13-11-7-5-4-6-8-11/h11H,4-10H2,1-3H3,(H,13,14). The van der Waals surface area contributed by atoms with Gasteiger partial charge in [-0.05, 0) is 18.9 Å². The summed E-state index contributed by atoms with van der Waals surface area (Å²) in [6.07, 6.45) is 5.79. The fraction of sp³-hybridized carbons (Fsp3) is 0.917. The molecule has 0 radical (unpaired) electrons. The van der Waals surface area contributed by atoms with Crippen LogP contribution in [0, 0.1) is 0 Å². The third-order valence-corrected chi connectivity index (χ3v) is 4.72. The third kappa shape index (κ3) is 6.15. The minimum absolute atomic E-state index is 0.217. The zero-order chi connectivity index (χ0) is 12.0. The molecule has 0 saturated heterocycles. The monoisotopic (exact) mass is 243 g/mol. The molecule has 0 unspecified atom stereocenters. The summed E-state index contributed by atoms with van der Waals surface area (Å²) < 4.78 is 5.21. The number of carbonyl (C=O) groups is 1. The van der Waals surface area contributed by atoms with Crippen LogP contribution in [0.3, 0.4) is 0 Å². The van der Waals surface area contributed by atoms with Crippen LogP contribution in [-0.4, -0.2) is 26.8 Å². The second kappa shape index (κ2) is 6.28. The van der Waals surface area contributed by atoms with Crippen LogP contribution in [0.2, 0.25) is 25.7 Å². The molecule has 1 fully saturated rings. The number of ether oxygens (including phenoxy) is 1. The summed E-state index contributed by atoms with van der Waals surface area (Å²) in [7, 11) is -1.08. The van der Waals surface area contributed by atoms with Gasteiger partial charge in [0.15, 0.2) is 0 Å². The van der Waals surface area contributed by atoms with E-state index >= 15 is 0 Å². The van der Waals surface area contributed by atoms with Gasteiger partial charge in [-0.3, -0.25) is 0 Å². The Hall–Kier alpha value is -0.513. The summed E-state index contributed by atoms with van der Waals surface area (Å²) in [6, 6.07) is 1.40. The van der Waals surface area contributed by atoms with Crippen LogP contribution in [0.1, 0.15) is 32.1 Å². The summed E-state index contributed by atoms with van der Waals surface area (Å²) in [4.78, 5) is 11.5. The Morgan fingerprint density at radius 3 is 2.44 bits per heavy atom. The van der Waals surface area contributed by atoms with Crippen molar-refractivity contribution in [2.45, 2.75) is 63.8 Å². The molecule has 94 valence electrons. The van der Waals surface area contributed by atoms with Crippen LogP contribution in [0.5, 0.6) is 0 Å². The van der Waals surface area contributed by atoms with E-state index in [4.69, 9.17) is 4.74 Å². The molecule has 1 aliphatic rings. The second-order valence-electron chi connectivity index (χ2n) is 5.93. The Bertz CT molecular complexity index is 220.